The molecule has 0 N–H and O–H groups in total. The van der Waals surface area contributed by atoms with Crippen LogP contribution in [0.2, 0.25) is 0 Å². The number of hydrogen-bond donors (Lipinski definition) is 0. The number of carbonyl (C=O) groups excluding carboxylic acids is 4. The molecule has 0 aliphatic carbocycles. The maximum absolute atomic E-state index is 13.7. The minimum Gasteiger partial charge on any atom is -0.458 e. The summed E-state index contributed by atoms with van der Waals surface area (Å²) in [7, 11) is 0. The van der Waals surface area contributed by atoms with E-state index in [1.165, 1.54) is 12.5 Å². The molecule has 1 saturated heterocycles. The van der Waals surface area contributed by atoms with Gasteiger partial charge in [0.1, 0.15) is 6.04 Å². The van der Waals surface area contributed by atoms with Crippen LogP contribution in [0.1, 0.15) is 49.3 Å². The highest BCUT2D eigenvalue weighted by Gasteiger charge is 2.42. The molecule has 0 spiro atoms. The molecule has 0 radical (unpaired) electrons. The number of ether oxygens (including phenoxy) is 1. The van der Waals surface area contributed by atoms with Gasteiger partial charge in [0, 0.05) is 32.9 Å². The van der Waals surface area contributed by atoms with Gasteiger partial charge >= 0.3 is 5.97 Å². The molecule has 2 aliphatic heterocycles. The first-order valence-corrected chi connectivity index (χ1v) is 12.3. The van der Waals surface area contributed by atoms with E-state index < -0.39 is 18.1 Å². The SMILES string of the molecule is CC(=O)OCC(=O)[C@@H]1CCCN1C(=O)[C@@H]1Cc2ccccc2CN1C(=O)CCCc1ccccc1. The normalized spacial score (nSPS) is 19.2. The Kier molecular flexibility index (Phi) is 7.95. The first-order chi connectivity index (χ1) is 16.9. The quantitative estimate of drug-likeness (QED) is 0.547. The summed E-state index contributed by atoms with van der Waals surface area (Å²) < 4.78 is 4.89. The van der Waals surface area contributed by atoms with Crippen LogP contribution in [0.3, 0.4) is 0 Å². The second-order valence-corrected chi connectivity index (χ2v) is 9.29. The van der Waals surface area contributed by atoms with Crippen LogP contribution in [0, 0.1) is 0 Å². The third-order valence-corrected chi connectivity index (χ3v) is 6.88. The fourth-order valence-corrected chi connectivity index (χ4v) is 5.06. The Labute approximate surface area is 206 Å². The lowest BCUT2D eigenvalue weighted by molar-refractivity contribution is -0.152. The summed E-state index contributed by atoms with van der Waals surface area (Å²) >= 11 is 0. The molecule has 35 heavy (non-hydrogen) atoms. The van der Waals surface area contributed by atoms with Crippen molar-refractivity contribution in [2.24, 2.45) is 0 Å². The van der Waals surface area contributed by atoms with E-state index in [0.29, 0.717) is 45.2 Å². The minimum absolute atomic E-state index is 0.0456. The van der Waals surface area contributed by atoms with Gasteiger partial charge in [-0.15, -0.1) is 0 Å². The number of aryl methyl sites for hydroxylation is 1. The van der Waals surface area contributed by atoms with Crippen LogP contribution in [0.15, 0.2) is 54.6 Å². The first kappa shape index (κ1) is 24.6. The van der Waals surface area contributed by atoms with Gasteiger partial charge in [0.05, 0.1) is 6.04 Å². The van der Waals surface area contributed by atoms with E-state index in [2.05, 4.69) is 0 Å². The average molecular weight is 477 g/mol. The molecule has 2 aromatic rings. The summed E-state index contributed by atoms with van der Waals surface area (Å²) in [6, 6.07) is 16.7. The van der Waals surface area contributed by atoms with Crippen LogP contribution < -0.4 is 0 Å². The standard InChI is InChI=1S/C28H32N2O5/c1-20(31)35-19-26(32)24-14-8-16-29(24)28(34)25-17-22-12-5-6-13-23(22)18-30(25)27(33)15-7-11-21-9-3-2-4-10-21/h2-6,9-10,12-13,24-25H,7-8,11,14-19H2,1H3/t24-,25-/m0/s1. The predicted octanol–water partition coefficient (Wildman–Crippen LogP) is 3.09. The predicted molar refractivity (Wildman–Crippen MR) is 130 cm³/mol. The van der Waals surface area contributed by atoms with E-state index in [9.17, 15) is 19.2 Å². The Balaban J connectivity index is 1.48. The lowest BCUT2D eigenvalue weighted by atomic mass is 9.92. The Hall–Kier alpha value is -3.48. The van der Waals surface area contributed by atoms with Crippen molar-refractivity contribution in [1.29, 1.82) is 0 Å². The van der Waals surface area contributed by atoms with Crippen LogP contribution >= 0.6 is 0 Å². The summed E-state index contributed by atoms with van der Waals surface area (Å²) in [5, 5.41) is 0. The van der Waals surface area contributed by atoms with Gasteiger partial charge in [-0.25, -0.2) is 0 Å². The van der Waals surface area contributed by atoms with Gasteiger partial charge in [-0.2, -0.15) is 0 Å². The van der Waals surface area contributed by atoms with Crippen molar-refractivity contribution in [3.05, 3.63) is 71.3 Å². The topological polar surface area (TPSA) is 84.0 Å². The number of ketones is 1. The van der Waals surface area contributed by atoms with Crippen LogP contribution in [0.4, 0.5) is 0 Å². The van der Waals surface area contributed by atoms with E-state index in [0.717, 1.165) is 17.5 Å². The average Bonchev–Trinajstić information content (AvgIpc) is 3.37. The third kappa shape index (κ3) is 5.96. The highest BCUT2D eigenvalue weighted by Crippen LogP contribution is 2.28. The molecule has 2 amide bonds. The number of carbonyl (C=O) groups is 4. The zero-order chi connectivity index (χ0) is 24.8. The maximum atomic E-state index is 13.7. The Bertz CT molecular complexity index is 1080. The van der Waals surface area contributed by atoms with E-state index in [-0.39, 0.29) is 24.2 Å². The molecular weight excluding hydrogens is 444 g/mol. The van der Waals surface area contributed by atoms with Crippen molar-refractivity contribution in [2.45, 2.75) is 64.1 Å². The monoisotopic (exact) mass is 476 g/mol. The second-order valence-electron chi connectivity index (χ2n) is 9.29. The molecule has 184 valence electrons. The molecule has 0 unspecified atom stereocenters. The first-order valence-electron chi connectivity index (χ1n) is 12.3. The fourth-order valence-electron chi connectivity index (χ4n) is 5.06. The number of nitrogens with zero attached hydrogens (tertiary/aromatic N) is 2. The molecule has 2 aliphatic rings. The number of esters is 1. The Morgan fingerprint density at radius 1 is 0.914 bits per heavy atom. The van der Waals surface area contributed by atoms with Crippen LogP contribution in [0.25, 0.3) is 0 Å². The molecule has 2 atom stereocenters. The molecule has 7 heteroatoms. The zero-order valence-corrected chi connectivity index (χ0v) is 20.2. The number of hydrogen-bond acceptors (Lipinski definition) is 5. The van der Waals surface area contributed by atoms with Crippen LogP contribution in [-0.4, -0.2) is 58.6 Å². The molecule has 1 fully saturated rings. The molecule has 4 rings (SSSR count). The summed E-state index contributed by atoms with van der Waals surface area (Å²) in [5.41, 5.74) is 3.29. The summed E-state index contributed by atoms with van der Waals surface area (Å²) in [6.07, 6.45) is 3.54. The largest absolute Gasteiger partial charge is 0.458 e. The van der Waals surface area contributed by atoms with E-state index >= 15 is 0 Å². The minimum atomic E-state index is -0.642. The van der Waals surface area contributed by atoms with Crippen molar-refractivity contribution in [3.63, 3.8) is 0 Å². The molecule has 7 nitrogen and oxygen atoms in total. The van der Waals surface area contributed by atoms with Gasteiger partial charge in [-0.05, 0) is 42.4 Å². The van der Waals surface area contributed by atoms with Crippen molar-refractivity contribution in [1.82, 2.24) is 9.80 Å². The number of fused-ring (bicyclic) bond motifs is 1. The lowest BCUT2D eigenvalue weighted by Crippen LogP contribution is -2.55. The molecule has 0 aromatic heterocycles. The van der Waals surface area contributed by atoms with Gasteiger partial charge in [-0.1, -0.05) is 54.6 Å². The smallest absolute Gasteiger partial charge is 0.303 e. The summed E-state index contributed by atoms with van der Waals surface area (Å²) in [5.74, 6) is -1.04. The Morgan fingerprint density at radius 2 is 1.63 bits per heavy atom. The van der Waals surface area contributed by atoms with Gasteiger partial charge in [0.2, 0.25) is 11.8 Å². The summed E-state index contributed by atoms with van der Waals surface area (Å²) in [4.78, 5) is 54.2. The van der Waals surface area contributed by atoms with Crippen molar-refractivity contribution < 1.29 is 23.9 Å². The third-order valence-electron chi connectivity index (χ3n) is 6.88. The number of amides is 2. The molecule has 0 saturated carbocycles. The van der Waals surface area contributed by atoms with E-state index in [4.69, 9.17) is 4.74 Å². The highest BCUT2D eigenvalue weighted by molar-refractivity contribution is 5.94. The lowest BCUT2D eigenvalue weighted by Gasteiger charge is -2.39. The van der Waals surface area contributed by atoms with Gasteiger partial charge in [0.15, 0.2) is 12.4 Å². The Morgan fingerprint density at radius 3 is 2.37 bits per heavy atom. The van der Waals surface area contributed by atoms with Crippen LogP contribution in [0.5, 0.6) is 0 Å². The van der Waals surface area contributed by atoms with Gasteiger partial charge < -0.3 is 14.5 Å². The molecule has 2 heterocycles. The van der Waals surface area contributed by atoms with Crippen molar-refractivity contribution >= 4 is 23.6 Å². The molecular formula is C28H32N2O5. The molecule has 2 aromatic carbocycles. The van der Waals surface area contributed by atoms with Crippen molar-refractivity contribution in [2.75, 3.05) is 13.2 Å². The number of benzene rings is 2. The van der Waals surface area contributed by atoms with Crippen molar-refractivity contribution in [3.8, 4) is 0 Å². The van der Waals surface area contributed by atoms with E-state index in [1.54, 1.807) is 9.80 Å². The zero-order valence-electron chi connectivity index (χ0n) is 20.2. The van der Waals surface area contributed by atoms with Gasteiger partial charge in [-0.3, -0.25) is 19.2 Å². The second kappa shape index (κ2) is 11.3. The van der Waals surface area contributed by atoms with Crippen LogP contribution in [-0.2, 0) is 43.3 Å². The summed E-state index contributed by atoms with van der Waals surface area (Å²) in [6.45, 7) is 1.77. The molecule has 0 bridgehead atoms. The number of rotatable bonds is 8. The number of Topliss-reactive ketones (excluding diaryl/α,β-unsaturated/α-hetero) is 1. The number of likely N-dealkylation sites (tertiary alicyclic amines) is 1. The highest BCUT2D eigenvalue weighted by atomic mass is 16.5. The van der Waals surface area contributed by atoms with E-state index in [1.807, 2.05) is 54.6 Å². The maximum Gasteiger partial charge on any atom is 0.303 e. The fraction of sp³-hybridized carbons (Fsp3) is 0.429. The van der Waals surface area contributed by atoms with Gasteiger partial charge in [0.25, 0.3) is 0 Å².